The highest BCUT2D eigenvalue weighted by atomic mass is 16.7. The zero-order valence-electron chi connectivity index (χ0n) is 11.7. The van der Waals surface area contributed by atoms with E-state index in [0.29, 0.717) is 31.2 Å². The number of benzene rings is 1. The van der Waals surface area contributed by atoms with Crippen molar-refractivity contribution in [2.45, 2.75) is 6.29 Å². The number of methoxy groups -OCH3 is 1. The Hall–Kier alpha value is -2.18. The molecule has 21 heavy (non-hydrogen) atoms. The summed E-state index contributed by atoms with van der Waals surface area (Å²) in [6, 6.07) is 9.34. The van der Waals surface area contributed by atoms with Crippen molar-refractivity contribution in [2.75, 3.05) is 26.9 Å². The molecule has 1 amide bonds. The number of nitrogens with zero attached hydrogens (tertiary/aromatic N) is 1. The number of hydrogen-bond acceptors (Lipinski definition) is 5. The number of carbonyl (C=O) groups is 1. The van der Waals surface area contributed by atoms with Crippen LogP contribution in [0.25, 0.3) is 10.9 Å². The highest BCUT2D eigenvalue weighted by Crippen LogP contribution is 2.22. The fourth-order valence-corrected chi connectivity index (χ4v) is 2.21. The first-order valence-corrected chi connectivity index (χ1v) is 6.73. The fraction of sp³-hybridized carbons (Fsp3) is 0.333. The molecule has 0 bridgehead atoms. The summed E-state index contributed by atoms with van der Waals surface area (Å²) in [5.41, 5.74) is 1.18. The predicted octanol–water partition coefficient (Wildman–Crippen LogP) is 1.35. The molecule has 1 saturated heterocycles. The molecule has 1 fully saturated rings. The van der Waals surface area contributed by atoms with Crippen molar-refractivity contribution in [1.29, 1.82) is 0 Å². The van der Waals surface area contributed by atoms with Gasteiger partial charge in [0.15, 0.2) is 6.29 Å². The van der Waals surface area contributed by atoms with Gasteiger partial charge in [-0.2, -0.15) is 0 Å². The van der Waals surface area contributed by atoms with Crippen molar-refractivity contribution >= 4 is 16.8 Å². The lowest BCUT2D eigenvalue weighted by Crippen LogP contribution is -2.32. The molecule has 1 aromatic carbocycles. The molecule has 1 N–H and O–H groups in total. The van der Waals surface area contributed by atoms with E-state index in [9.17, 15) is 4.79 Å². The lowest BCUT2D eigenvalue weighted by atomic mass is 10.1. The van der Waals surface area contributed by atoms with Crippen LogP contribution in [0.1, 0.15) is 10.4 Å². The van der Waals surface area contributed by atoms with E-state index >= 15 is 0 Å². The summed E-state index contributed by atoms with van der Waals surface area (Å²) in [5, 5.41) is 3.66. The highest BCUT2D eigenvalue weighted by Gasteiger charge is 2.19. The van der Waals surface area contributed by atoms with Gasteiger partial charge in [0.2, 0.25) is 5.88 Å². The second-order valence-electron chi connectivity index (χ2n) is 4.62. The molecule has 0 unspecified atom stereocenters. The van der Waals surface area contributed by atoms with Gasteiger partial charge >= 0.3 is 0 Å². The molecule has 0 spiro atoms. The molecule has 0 atom stereocenters. The first-order valence-electron chi connectivity index (χ1n) is 6.73. The van der Waals surface area contributed by atoms with Crippen LogP contribution in [-0.4, -0.2) is 44.0 Å². The van der Waals surface area contributed by atoms with Gasteiger partial charge in [0.05, 0.1) is 32.4 Å². The molecule has 1 aliphatic rings. The zero-order valence-corrected chi connectivity index (χ0v) is 11.7. The summed E-state index contributed by atoms with van der Waals surface area (Å²) in [6.45, 7) is 1.41. The third-order valence-electron chi connectivity index (χ3n) is 3.25. The van der Waals surface area contributed by atoms with E-state index in [4.69, 9.17) is 14.2 Å². The van der Waals surface area contributed by atoms with Crippen LogP contribution >= 0.6 is 0 Å². The maximum absolute atomic E-state index is 12.3. The third kappa shape index (κ3) is 2.96. The van der Waals surface area contributed by atoms with E-state index in [1.165, 1.54) is 7.11 Å². The van der Waals surface area contributed by atoms with Gasteiger partial charge in [-0.15, -0.1) is 0 Å². The maximum atomic E-state index is 12.3. The van der Waals surface area contributed by atoms with E-state index in [-0.39, 0.29) is 12.2 Å². The topological polar surface area (TPSA) is 69.7 Å². The Kier molecular flexibility index (Phi) is 3.98. The lowest BCUT2D eigenvalue weighted by Gasteiger charge is -2.12. The second kappa shape index (κ2) is 6.07. The second-order valence-corrected chi connectivity index (χ2v) is 4.62. The van der Waals surface area contributed by atoms with Gasteiger partial charge in [0, 0.05) is 5.39 Å². The minimum absolute atomic E-state index is 0.260. The Bertz CT molecular complexity index is 653. The van der Waals surface area contributed by atoms with Crippen LogP contribution in [0.2, 0.25) is 0 Å². The number of pyridine rings is 1. The molecule has 2 heterocycles. The number of amides is 1. The van der Waals surface area contributed by atoms with Crippen LogP contribution < -0.4 is 10.1 Å². The number of para-hydroxylation sites is 1. The number of ether oxygens (including phenoxy) is 3. The molecule has 3 rings (SSSR count). The largest absolute Gasteiger partial charge is 0.480 e. The minimum atomic E-state index is -0.381. The Balaban J connectivity index is 1.81. The molecule has 0 saturated carbocycles. The van der Waals surface area contributed by atoms with Gasteiger partial charge in [-0.05, 0) is 12.1 Å². The van der Waals surface area contributed by atoms with Crippen LogP contribution in [0.3, 0.4) is 0 Å². The van der Waals surface area contributed by atoms with Gasteiger partial charge in [0.25, 0.3) is 5.91 Å². The van der Waals surface area contributed by atoms with Gasteiger partial charge in [-0.25, -0.2) is 4.98 Å². The number of aromatic nitrogens is 1. The number of hydrogen-bond donors (Lipinski definition) is 1. The van der Waals surface area contributed by atoms with Crippen molar-refractivity contribution in [3.8, 4) is 5.88 Å². The summed E-state index contributed by atoms with van der Waals surface area (Å²) in [4.78, 5) is 16.6. The number of nitrogens with one attached hydrogen (secondary N) is 1. The predicted molar refractivity (Wildman–Crippen MR) is 76.3 cm³/mol. The molecular formula is C15H16N2O4. The van der Waals surface area contributed by atoms with E-state index < -0.39 is 0 Å². The Morgan fingerprint density at radius 2 is 2.14 bits per heavy atom. The molecule has 0 radical (unpaired) electrons. The molecule has 1 aliphatic heterocycles. The van der Waals surface area contributed by atoms with Gasteiger partial charge < -0.3 is 19.5 Å². The third-order valence-corrected chi connectivity index (χ3v) is 3.25. The van der Waals surface area contributed by atoms with Crippen molar-refractivity contribution < 1.29 is 19.0 Å². The maximum Gasteiger partial charge on any atom is 0.256 e. The average molecular weight is 288 g/mol. The fourth-order valence-electron chi connectivity index (χ4n) is 2.21. The Labute approximate surface area is 122 Å². The average Bonchev–Trinajstić information content (AvgIpc) is 3.04. The van der Waals surface area contributed by atoms with E-state index in [1.807, 2.05) is 24.3 Å². The van der Waals surface area contributed by atoms with Crippen LogP contribution in [0.4, 0.5) is 0 Å². The van der Waals surface area contributed by atoms with Crippen LogP contribution in [0.15, 0.2) is 30.3 Å². The SMILES string of the molecule is COc1nc2ccccc2cc1C(=O)NCC1OCCO1. The summed E-state index contributed by atoms with van der Waals surface area (Å²) in [6.07, 6.45) is -0.381. The number of rotatable bonds is 4. The molecule has 0 aliphatic carbocycles. The van der Waals surface area contributed by atoms with Gasteiger partial charge in [-0.1, -0.05) is 18.2 Å². The molecule has 1 aromatic heterocycles. The first kappa shape index (κ1) is 13.8. The van der Waals surface area contributed by atoms with Crippen molar-refractivity contribution in [2.24, 2.45) is 0 Å². The van der Waals surface area contributed by atoms with Gasteiger partial charge in [0.1, 0.15) is 5.56 Å². The lowest BCUT2D eigenvalue weighted by molar-refractivity contribution is -0.0379. The normalized spacial score (nSPS) is 15.3. The molecule has 6 nitrogen and oxygen atoms in total. The van der Waals surface area contributed by atoms with Crippen LogP contribution in [0.5, 0.6) is 5.88 Å². The van der Waals surface area contributed by atoms with Crippen molar-refractivity contribution in [3.05, 3.63) is 35.9 Å². The molecule has 110 valence electrons. The summed E-state index contributed by atoms with van der Waals surface area (Å²) in [5.74, 6) is 0.0451. The number of carbonyl (C=O) groups excluding carboxylic acids is 1. The standard InChI is InChI=1S/C15H16N2O4/c1-19-15-11(8-10-4-2-3-5-12(10)17-15)14(18)16-9-13-20-6-7-21-13/h2-5,8,13H,6-7,9H2,1H3,(H,16,18). The number of fused-ring (bicyclic) bond motifs is 1. The summed E-state index contributed by atoms with van der Waals surface area (Å²) >= 11 is 0. The Morgan fingerprint density at radius 1 is 1.38 bits per heavy atom. The van der Waals surface area contributed by atoms with Crippen molar-refractivity contribution in [3.63, 3.8) is 0 Å². The Morgan fingerprint density at radius 3 is 2.90 bits per heavy atom. The molecule has 6 heteroatoms. The smallest absolute Gasteiger partial charge is 0.256 e. The van der Waals surface area contributed by atoms with E-state index in [1.54, 1.807) is 6.07 Å². The summed E-state index contributed by atoms with van der Waals surface area (Å²) < 4.78 is 15.8. The van der Waals surface area contributed by atoms with E-state index in [2.05, 4.69) is 10.3 Å². The van der Waals surface area contributed by atoms with E-state index in [0.717, 1.165) is 10.9 Å². The molecule has 2 aromatic rings. The quantitative estimate of drug-likeness (QED) is 0.919. The summed E-state index contributed by atoms with van der Waals surface area (Å²) in [7, 11) is 1.50. The van der Waals surface area contributed by atoms with Gasteiger partial charge in [-0.3, -0.25) is 4.79 Å². The van der Waals surface area contributed by atoms with Crippen molar-refractivity contribution in [1.82, 2.24) is 10.3 Å². The first-order chi connectivity index (χ1) is 10.3. The van der Waals surface area contributed by atoms with Crippen LogP contribution in [-0.2, 0) is 9.47 Å². The van der Waals surface area contributed by atoms with Crippen LogP contribution in [0, 0.1) is 0 Å². The highest BCUT2D eigenvalue weighted by molar-refractivity contribution is 5.99. The zero-order chi connectivity index (χ0) is 14.7. The molecular weight excluding hydrogens is 272 g/mol. The minimum Gasteiger partial charge on any atom is -0.480 e. The monoisotopic (exact) mass is 288 g/mol.